The smallest absolute Gasteiger partial charge is 0.254 e. The largest absolute Gasteiger partial charge is 0.497 e. The Labute approximate surface area is 176 Å². The standard InChI is InChI=1S/C23H26N2O4S/c1-15-16(2)24-22-9-6-18(12-21(15)22)23(26)25(19-10-11-30(27,28)14-19)13-17-4-7-20(29-3)8-5-17/h4-9,12,19,24H,10-11,13-14H2,1-3H3. The van der Waals surface area contributed by atoms with Gasteiger partial charge in [0.1, 0.15) is 5.75 Å². The Bertz CT molecular complexity index is 1200. The summed E-state index contributed by atoms with van der Waals surface area (Å²) in [6.45, 7) is 4.39. The van der Waals surface area contributed by atoms with Crippen LogP contribution in [0.1, 0.15) is 33.6 Å². The van der Waals surface area contributed by atoms with E-state index in [-0.39, 0.29) is 23.5 Å². The molecule has 0 radical (unpaired) electrons. The number of carbonyl (C=O) groups is 1. The Morgan fingerprint density at radius 1 is 1.17 bits per heavy atom. The highest BCUT2D eigenvalue weighted by Crippen LogP contribution is 2.26. The number of nitrogens with one attached hydrogen (secondary N) is 1. The molecular formula is C23H26N2O4S. The lowest BCUT2D eigenvalue weighted by atomic mass is 10.1. The van der Waals surface area contributed by atoms with Crippen molar-refractivity contribution >= 4 is 26.6 Å². The first-order valence-electron chi connectivity index (χ1n) is 10.0. The number of amides is 1. The number of aromatic nitrogens is 1. The van der Waals surface area contributed by atoms with Crippen molar-refractivity contribution < 1.29 is 17.9 Å². The highest BCUT2D eigenvalue weighted by atomic mass is 32.2. The van der Waals surface area contributed by atoms with Crippen molar-refractivity contribution in [2.45, 2.75) is 32.9 Å². The second-order valence-corrected chi connectivity index (χ2v) is 10.2. The first-order valence-corrected chi connectivity index (χ1v) is 11.8. The molecule has 1 saturated heterocycles. The topological polar surface area (TPSA) is 79.5 Å². The molecule has 158 valence electrons. The van der Waals surface area contributed by atoms with Gasteiger partial charge in [0, 0.05) is 34.7 Å². The van der Waals surface area contributed by atoms with Crippen LogP contribution in [0, 0.1) is 13.8 Å². The van der Waals surface area contributed by atoms with E-state index in [2.05, 4.69) is 4.98 Å². The molecule has 1 aromatic heterocycles. The highest BCUT2D eigenvalue weighted by Gasteiger charge is 2.35. The van der Waals surface area contributed by atoms with Gasteiger partial charge in [-0.1, -0.05) is 12.1 Å². The van der Waals surface area contributed by atoms with Crippen LogP contribution in [0.15, 0.2) is 42.5 Å². The lowest BCUT2D eigenvalue weighted by Gasteiger charge is -2.28. The van der Waals surface area contributed by atoms with Gasteiger partial charge in [-0.15, -0.1) is 0 Å². The molecule has 2 heterocycles. The van der Waals surface area contributed by atoms with E-state index in [1.807, 2.05) is 56.3 Å². The molecule has 1 amide bonds. The van der Waals surface area contributed by atoms with Crippen LogP contribution in [-0.2, 0) is 16.4 Å². The zero-order valence-corrected chi connectivity index (χ0v) is 18.3. The van der Waals surface area contributed by atoms with E-state index in [9.17, 15) is 13.2 Å². The van der Waals surface area contributed by atoms with E-state index < -0.39 is 9.84 Å². The Morgan fingerprint density at radius 3 is 2.53 bits per heavy atom. The predicted molar refractivity (Wildman–Crippen MR) is 118 cm³/mol. The summed E-state index contributed by atoms with van der Waals surface area (Å²) in [5.41, 5.74) is 4.69. The third-order valence-corrected chi connectivity index (χ3v) is 7.73. The number of rotatable bonds is 5. The molecule has 1 unspecified atom stereocenters. The molecule has 4 rings (SSSR count). The summed E-state index contributed by atoms with van der Waals surface area (Å²) in [5, 5.41) is 1.02. The van der Waals surface area contributed by atoms with Gasteiger partial charge in [0.25, 0.3) is 5.91 Å². The second kappa shape index (κ2) is 7.80. The van der Waals surface area contributed by atoms with Crippen LogP contribution >= 0.6 is 0 Å². The number of sulfone groups is 1. The van der Waals surface area contributed by atoms with Gasteiger partial charge in [-0.05, 0) is 61.7 Å². The maximum absolute atomic E-state index is 13.5. The van der Waals surface area contributed by atoms with E-state index in [0.29, 0.717) is 18.5 Å². The van der Waals surface area contributed by atoms with Crippen molar-refractivity contribution in [3.63, 3.8) is 0 Å². The van der Waals surface area contributed by atoms with Gasteiger partial charge in [0.15, 0.2) is 9.84 Å². The van der Waals surface area contributed by atoms with Crippen molar-refractivity contribution in [1.82, 2.24) is 9.88 Å². The number of carbonyl (C=O) groups excluding carboxylic acids is 1. The first kappa shape index (κ1) is 20.5. The van der Waals surface area contributed by atoms with Crippen LogP contribution in [0.3, 0.4) is 0 Å². The molecule has 0 spiro atoms. The Kier molecular flexibility index (Phi) is 5.32. The third-order valence-electron chi connectivity index (χ3n) is 5.98. The van der Waals surface area contributed by atoms with E-state index in [4.69, 9.17) is 4.74 Å². The molecule has 1 atom stereocenters. The quantitative estimate of drug-likeness (QED) is 0.676. The molecule has 7 heteroatoms. The van der Waals surface area contributed by atoms with Gasteiger partial charge in [0.05, 0.1) is 18.6 Å². The van der Waals surface area contributed by atoms with E-state index in [1.165, 1.54) is 0 Å². The predicted octanol–water partition coefficient (Wildman–Crippen LogP) is 3.62. The van der Waals surface area contributed by atoms with Gasteiger partial charge in [0.2, 0.25) is 0 Å². The molecule has 3 aromatic rings. The number of benzene rings is 2. The molecule has 1 aliphatic heterocycles. The van der Waals surface area contributed by atoms with Gasteiger partial charge < -0.3 is 14.6 Å². The maximum Gasteiger partial charge on any atom is 0.254 e. The number of aromatic amines is 1. The fourth-order valence-electron chi connectivity index (χ4n) is 4.08. The monoisotopic (exact) mass is 426 g/mol. The molecule has 1 N–H and O–H groups in total. The van der Waals surface area contributed by atoms with E-state index >= 15 is 0 Å². The lowest BCUT2D eigenvalue weighted by Crippen LogP contribution is -2.40. The summed E-state index contributed by atoms with van der Waals surface area (Å²) in [7, 11) is -1.51. The second-order valence-electron chi connectivity index (χ2n) is 7.97. The number of methoxy groups -OCH3 is 1. The lowest BCUT2D eigenvalue weighted by molar-refractivity contribution is 0.0681. The zero-order valence-electron chi connectivity index (χ0n) is 17.4. The molecular weight excluding hydrogens is 400 g/mol. The van der Waals surface area contributed by atoms with Crippen molar-refractivity contribution in [3.8, 4) is 5.75 Å². The van der Waals surface area contributed by atoms with E-state index in [0.717, 1.165) is 33.5 Å². The maximum atomic E-state index is 13.5. The average Bonchev–Trinajstić information content (AvgIpc) is 3.24. The Morgan fingerprint density at radius 2 is 1.90 bits per heavy atom. The van der Waals surface area contributed by atoms with Gasteiger partial charge in [-0.3, -0.25) is 4.79 Å². The minimum absolute atomic E-state index is 0.0133. The van der Waals surface area contributed by atoms with E-state index in [1.54, 1.807) is 12.0 Å². The highest BCUT2D eigenvalue weighted by molar-refractivity contribution is 7.91. The van der Waals surface area contributed by atoms with Crippen LogP contribution in [0.5, 0.6) is 5.75 Å². The molecule has 0 bridgehead atoms. The molecule has 0 aliphatic carbocycles. The number of H-pyrrole nitrogens is 1. The molecule has 2 aromatic carbocycles. The van der Waals surface area contributed by atoms with Crippen LogP contribution < -0.4 is 4.74 Å². The van der Waals surface area contributed by atoms with Crippen molar-refractivity contribution in [3.05, 3.63) is 64.8 Å². The summed E-state index contributed by atoms with van der Waals surface area (Å²) < 4.78 is 29.4. The Hall–Kier alpha value is -2.80. The number of ether oxygens (including phenoxy) is 1. The molecule has 30 heavy (non-hydrogen) atoms. The number of hydrogen-bond acceptors (Lipinski definition) is 4. The fourth-order valence-corrected chi connectivity index (χ4v) is 5.81. The zero-order chi connectivity index (χ0) is 21.5. The van der Waals surface area contributed by atoms with Crippen LogP contribution in [0.25, 0.3) is 10.9 Å². The van der Waals surface area contributed by atoms with Gasteiger partial charge >= 0.3 is 0 Å². The molecule has 0 saturated carbocycles. The van der Waals surface area contributed by atoms with Crippen molar-refractivity contribution in [2.24, 2.45) is 0 Å². The summed E-state index contributed by atoms with van der Waals surface area (Å²) in [5.74, 6) is 0.732. The normalized spacial score (nSPS) is 17.9. The molecule has 1 aliphatic rings. The number of fused-ring (bicyclic) bond motifs is 1. The number of hydrogen-bond donors (Lipinski definition) is 1. The molecule has 6 nitrogen and oxygen atoms in total. The average molecular weight is 427 g/mol. The van der Waals surface area contributed by atoms with Crippen molar-refractivity contribution in [2.75, 3.05) is 18.6 Å². The van der Waals surface area contributed by atoms with Crippen LogP contribution in [-0.4, -0.2) is 48.9 Å². The van der Waals surface area contributed by atoms with Crippen molar-refractivity contribution in [1.29, 1.82) is 0 Å². The third kappa shape index (κ3) is 3.94. The van der Waals surface area contributed by atoms with Gasteiger partial charge in [-0.2, -0.15) is 0 Å². The summed E-state index contributed by atoms with van der Waals surface area (Å²) in [6, 6.07) is 12.8. The summed E-state index contributed by atoms with van der Waals surface area (Å²) in [4.78, 5) is 18.6. The minimum atomic E-state index is -3.12. The number of aryl methyl sites for hydroxylation is 2. The summed E-state index contributed by atoms with van der Waals surface area (Å²) in [6.07, 6.45) is 0.467. The minimum Gasteiger partial charge on any atom is -0.497 e. The first-order chi connectivity index (χ1) is 14.3. The molecule has 1 fully saturated rings. The van der Waals surface area contributed by atoms with Crippen LogP contribution in [0.2, 0.25) is 0 Å². The number of nitrogens with zero attached hydrogens (tertiary/aromatic N) is 1. The van der Waals surface area contributed by atoms with Gasteiger partial charge in [-0.25, -0.2) is 8.42 Å². The Balaban J connectivity index is 1.68. The van der Waals surface area contributed by atoms with Crippen LogP contribution in [0.4, 0.5) is 0 Å². The SMILES string of the molecule is COc1ccc(CN(C(=O)c2ccc3[nH]c(C)c(C)c3c2)C2CCS(=O)(=O)C2)cc1. The summed E-state index contributed by atoms with van der Waals surface area (Å²) >= 11 is 0. The fraction of sp³-hybridized carbons (Fsp3) is 0.348.